The summed E-state index contributed by atoms with van der Waals surface area (Å²) in [6, 6.07) is 10.3. The Balaban J connectivity index is 1.60. The summed E-state index contributed by atoms with van der Waals surface area (Å²) >= 11 is 5.87. The van der Waals surface area contributed by atoms with E-state index in [9.17, 15) is 14.3 Å². The first-order valence-electron chi connectivity index (χ1n) is 8.42. The molecule has 4 N–H and O–H groups in total. The summed E-state index contributed by atoms with van der Waals surface area (Å²) < 4.78 is 16.0. The zero-order chi connectivity index (χ0) is 20.5. The second-order valence-electron chi connectivity index (χ2n) is 6.16. The number of anilines is 2. The van der Waals surface area contributed by atoms with E-state index in [1.165, 1.54) is 35.4 Å². The lowest BCUT2D eigenvalue weighted by Gasteiger charge is -2.13. The fourth-order valence-corrected chi connectivity index (χ4v) is 3.06. The molecule has 1 amide bonds. The minimum atomic E-state index is -1.46. The van der Waals surface area contributed by atoms with E-state index in [1.54, 1.807) is 18.2 Å². The topological polar surface area (TPSA) is 119 Å². The number of halogens is 2. The van der Waals surface area contributed by atoms with Gasteiger partial charge in [0, 0.05) is 10.7 Å². The number of amides is 1. The maximum absolute atomic E-state index is 14.7. The van der Waals surface area contributed by atoms with Crippen molar-refractivity contribution >= 4 is 40.0 Å². The largest absolute Gasteiger partial charge is 0.382 e. The average Bonchev–Trinajstić information content (AvgIpc) is 3.13. The number of nitrogen functional groups attached to an aromatic ring is 1. The van der Waals surface area contributed by atoms with Gasteiger partial charge >= 0.3 is 0 Å². The number of rotatable bonds is 4. The van der Waals surface area contributed by atoms with Gasteiger partial charge in [0.2, 0.25) is 0 Å². The molecule has 2 heterocycles. The Bertz CT molecular complexity index is 1230. The number of nitrogens with zero attached hydrogens (tertiary/aromatic N) is 4. The van der Waals surface area contributed by atoms with Crippen LogP contribution in [-0.4, -0.2) is 30.8 Å². The molecule has 2 aromatic heterocycles. The quantitative estimate of drug-likeness (QED) is 0.474. The Hall–Kier alpha value is -3.56. The maximum Gasteiger partial charge on any atom is 0.257 e. The van der Waals surface area contributed by atoms with Crippen LogP contribution >= 0.6 is 11.6 Å². The van der Waals surface area contributed by atoms with E-state index in [0.29, 0.717) is 21.6 Å². The van der Waals surface area contributed by atoms with Crippen LogP contribution < -0.4 is 11.1 Å². The highest BCUT2D eigenvalue weighted by Crippen LogP contribution is 2.25. The number of aliphatic hydroxyl groups is 1. The second kappa shape index (κ2) is 7.46. The van der Waals surface area contributed by atoms with Crippen molar-refractivity contribution < 1.29 is 14.3 Å². The van der Waals surface area contributed by atoms with Crippen LogP contribution in [0.3, 0.4) is 0 Å². The minimum Gasteiger partial charge on any atom is -0.382 e. The zero-order valence-corrected chi connectivity index (χ0v) is 15.5. The average molecular weight is 413 g/mol. The summed E-state index contributed by atoms with van der Waals surface area (Å²) in [5.41, 5.74) is 7.30. The number of nitrogens with one attached hydrogen (secondary N) is 1. The van der Waals surface area contributed by atoms with Crippen LogP contribution in [0.1, 0.15) is 11.7 Å². The van der Waals surface area contributed by atoms with Gasteiger partial charge in [-0.3, -0.25) is 4.79 Å². The standard InChI is InChI=1S/C19H14ClFN6O2/c20-11-3-1-2-10(6-11)17(28)19(29)26-12-4-5-15(13(21)7-12)27-16-14(8-25-27)23-9-24-18(16)22/h1-9,17,28H,(H,26,29)(H2,22,23,24)/t17-/m1/s1. The molecule has 4 rings (SSSR count). The molecule has 0 aliphatic heterocycles. The lowest BCUT2D eigenvalue weighted by atomic mass is 10.1. The number of carbonyl (C=O) groups excluding carboxylic acids is 1. The Kier molecular flexibility index (Phi) is 4.83. The number of carbonyl (C=O) groups is 1. The van der Waals surface area contributed by atoms with E-state index in [1.807, 2.05) is 0 Å². The minimum absolute atomic E-state index is 0.106. The lowest BCUT2D eigenvalue weighted by molar-refractivity contribution is -0.124. The predicted molar refractivity (Wildman–Crippen MR) is 106 cm³/mol. The summed E-state index contributed by atoms with van der Waals surface area (Å²) in [7, 11) is 0. The van der Waals surface area contributed by atoms with Gasteiger partial charge in [-0.1, -0.05) is 23.7 Å². The lowest BCUT2D eigenvalue weighted by Crippen LogP contribution is -2.21. The van der Waals surface area contributed by atoms with Crippen molar-refractivity contribution in [2.24, 2.45) is 0 Å². The van der Waals surface area contributed by atoms with Crippen LogP contribution in [0, 0.1) is 5.82 Å². The molecule has 0 spiro atoms. The van der Waals surface area contributed by atoms with Gasteiger partial charge in [0.1, 0.15) is 23.0 Å². The highest BCUT2D eigenvalue weighted by atomic mass is 35.5. The molecule has 0 fully saturated rings. The first-order chi connectivity index (χ1) is 13.9. The highest BCUT2D eigenvalue weighted by molar-refractivity contribution is 6.30. The summed E-state index contributed by atoms with van der Waals surface area (Å²) in [6.07, 6.45) is 1.29. The van der Waals surface area contributed by atoms with Gasteiger partial charge in [-0.15, -0.1) is 0 Å². The Morgan fingerprint density at radius 1 is 1.24 bits per heavy atom. The van der Waals surface area contributed by atoms with Crippen LogP contribution in [0.2, 0.25) is 5.02 Å². The number of benzene rings is 2. The SMILES string of the molecule is Nc1ncnc2cnn(-c3ccc(NC(=O)[C@H](O)c4cccc(Cl)c4)cc3F)c12. The van der Waals surface area contributed by atoms with Crippen LogP contribution in [0.4, 0.5) is 15.9 Å². The van der Waals surface area contributed by atoms with Crippen molar-refractivity contribution in [1.82, 2.24) is 19.7 Å². The van der Waals surface area contributed by atoms with Crippen LogP contribution in [0.15, 0.2) is 55.0 Å². The smallest absolute Gasteiger partial charge is 0.257 e. The van der Waals surface area contributed by atoms with E-state index in [-0.39, 0.29) is 17.2 Å². The van der Waals surface area contributed by atoms with Gasteiger partial charge in [0.25, 0.3) is 5.91 Å². The molecule has 8 nitrogen and oxygen atoms in total. The molecule has 0 bridgehead atoms. The summed E-state index contributed by atoms with van der Waals surface area (Å²) in [4.78, 5) is 20.2. The molecular formula is C19H14ClFN6O2. The van der Waals surface area contributed by atoms with E-state index in [4.69, 9.17) is 17.3 Å². The third-order valence-electron chi connectivity index (χ3n) is 4.24. The summed E-state index contributed by atoms with van der Waals surface area (Å²) in [6.45, 7) is 0. The number of aliphatic hydroxyl groups excluding tert-OH is 1. The molecule has 0 saturated carbocycles. The third-order valence-corrected chi connectivity index (χ3v) is 4.48. The van der Waals surface area contributed by atoms with Gasteiger partial charge in [-0.25, -0.2) is 19.0 Å². The Morgan fingerprint density at radius 3 is 2.83 bits per heavy atom. The number of fused-ring (bicyclic) bond motifs is 1. The molecule has 0 unspecified atom stereocenters. The van der Waals surface area contributed by atoms with Crippen LogP contribution in [0.5, 0.6) is 0 Å². The van der Waals surface area contributed by atoms with Gasteiger partial charge in [-0.2, -0.15) is 5.10 Å². The molecule has 10 heteroatoms. The number of aromatic nitrogens is 4. The van der Waals surface area contributed by atoms with E-state index >= 15 is 0 Å². The van der Waals surface area contributed by atoms with Crippen LogP contribution in [0.25, 0.3) is 16.7 Å². The maximum atomic E-state index is 14.7. The number of hydrogen-bond acceptors (Lipinski definition) is 6. The zero-order valence-electron chi connectivity index (χ0n) is 14.8. The Labute approximate surface area is 168 Å². The third kappa shape index (κ3) is 3.60. The van der Waals surface area contributed by atoms with Crippen molar-refractivity contribution in [3.05, 3.63) is 71.4 Å². The molecule has 146 valence electrons. The monoisotopic (exact) mass is 412 g/mol. The number of hydrogen-bond donors (Lipinski definition) is 3. The molecular weight excluding hydrogens is 399 g/mol. The van der Waals surface area contributed by atoms with E-state index < -0.39 is 17.8 Å². The normalized spacial score (nSPS) is 12.1. The molecule has 0 radical (unpaired) electrons. The fourth-order valence-electron chi connectivity index (χ4n) is 2.87. The molecule has 1 atom stereocenters. The molecule has 0 aliphatic rings. The first-order valence-corrected chi connectivity index (χ1v) is 8.80. The summed E-state index contributed by atoms with van der Waals surface area (Å²) in [5, 5.41) is 17.2. The summed E-state index contributed by atoms with van der Waals surface area (Å²) in [5.74, 6) is -1.22. The molecule has 4 aromatic rings. The van der Waals surface area contributed by atoms with Crippen molar-refractivity contribution in [2.45, 2.75) is 6.10 Å². The highest BCUT2D eigenvalue weighted by Gasteiger charge is 2.19. The Morgan fingerprint density at radius 2 is 2.07 bits per heavy atom. The van der Waals surface area contributed by atoms with Gasteiger partial charge in [0.05, 0.1) is 6.20 Å². The van der Waals surface area contributed by atoms with Gasteiger partial charge in [-0.05, 0) is 35.9 Å². The van der Waals surface area contributed by atoms with E-state index in [2.05, 4.69) is 20.4 Å². The van der Waals surface area contributed by atoms with Crippen LogP contribution in [-0.2, 0) is 4.79 Å². The second-order valence-corrected chi connectivity index (χ2v) is 6.60. The molecule has 0 aliphatic carbocycles. The molecule has 2 aromatic carbocycles. The van der Waals surface area contributed by atoms with Gasteiger partial charge < -0.3 is 16.2 Å². The predicted octanol–water partition coefficient (Wildman–Crippen LogP) is 2.86. The molecule has 0 saturated heterocycles. The van der Waals surface area contributed by atoms with E-state index in [0.717, 1.165) is 6.07 Å². The van der Waals surface area contributed by atoms with Gasteiger partial charge in [0.15, 0.2) is 17.7 Å². The van der Waals surface area contributed by atoms with Crippen molar-refractivity contribution in [2.75, 3.05) is 11.1 Å². The van der Waals surface area contributed by atoms with Crippen molar-refractivity contribution in [3.8, 4) is 5.69 Å². The first kappa shape index (κ1) is 18.8. The van der Waals surface area contributed by atoms with Crippen molar-refractivity contribution in [1.29, 1.82) is 0 Å². The van der Waals surface area contributed by atoms with Crippen molar-refractivity contribution in [3.63, 3.8) is 0 Å². The fraction of sp³-hybridized carbons (Fsp3) is 0.0526. The number of nitrogens with two attached hydrogens (primary N) is 1. The molecule has 29 heavy (non-hydrogen) atoms.